The van der Waals surface area contributed by atoms with Crippen molar-refractivity contribution < 1.29 is 24.0 Å². The average molecular weight is 383 g/mol. The molecule has 0 radical (unpaired) electrons. The Morgan fingerprint density at radius 2 is 1.68 bits per heavy atom. The van der Waals surface area contributed by atoms with Crippen LogP contribution in [0.1, 0.15) is 59.2 Å². The lowest BCUT2D eigenvalue weighted by atomic mass is 9.87. The molecular weight excluding hydrogens is 362 g/mol. The molecule has 2 heterocycles. The molecule has 146 valence electrons. The van der Waals surface area contributed by atoms with Crippen LogP contribution in [0, 0.1) is 5.92 Å². The Bertz CT molecular complexity index is 873. The van der Waals surface area contributed by atoms with Crippen molar-refractivity contribution in [3.05, 3.63) is 29.3 Å². The minimum Gasteiger partial charge on any atom is -0.382 e. The maximum Gasteiger partial charge on any atom is 0.262 e. The zero-order valence-corrected chi connectivity index (χ0v) is 15.3. The van der Waals surface area contributed by atoms with E-state index in [9.17, 15) is 24.0 Å². The fraction of sp³-hybridized carbons (Fsp3) is 0.450. The Kier molecular flexibility index (Phi) is 4.70. The molecule has 0 spiro atoms. The SMILES string of the molecule is O=CC1CCC(Nc2ccc3c(c2)C(=O)N(C2CCC(=O)NC2=O)C3=O)CC1. The lowest BCUT2D eigenvalue weighted by Crippen LogP contribution is -2.54. The van der Waals surface area contributed by atoms with Crippen LogP contribution in [-0.4, -0.2) is 46.9 Å². The number of nitrogens with zero attached hydrogens (tertiary/aromatic N) is 1. The standard InChI is InChI=1S/C20H21N3O5/c24-10-11-1-3-12(4-2-11)21-13-5-6-14-15(9-13)20(28)23(19(14)27)16-7-8-17(25)22-18(16)26/h5-6,9-12,16,21H,1-4,7-8H2,(H,22,25,26). The first-order chi connectivity index (χ1) is 13.5. The molecule has 1 unspecified atom stereocenters. The third kappa shape index (κ3) is 3.19. The van der Waals surface area contributed by atoms with Gasteiger partial charge in [-0.05, 0) is 50.3 Å². The van der Waals surface area contributed by atoms with Gasteiger partial charge in [0.1, 0.15) is 12.3 Å². The third-order valence-electron chi connectivity index (χ3n) is 5.77. The molecule has 4 amide bonds. The zero-order valence-electron chi connectivity index (χ0n) is 15.3. The number of nitrogens with one attached hydrogen (secondary N) is 2. The van der Waals surface area contributed by atoms with Crippen LogP contribution in [-0.2, 0) is 14.4 Å². The van der Waals surface area contributed by atoms with E-state index in [4.69, 9.17) is 0 Å². The molecule has 2 N–H and O–H groups in total. The monoisotopic (exact) mass is 383 g/mol. The number of fused-ring (bicyclic) bond motifs is 1. The Hall–Kier alpha value is -3.03. The molecule has 8 heteroatoms. The molecule has 3 aliphatic rings. The minimum absolute atomic E-state index is 0.0973. The summed E-state index contributed by atoms with van der Waals surface area (Å²) in [5.74, 6) is -1.90. The summed E-state index contributed by atoms with van der Waals surface area (Å²) >= 11 is 0. The normalized spacial score (nSPS) is 27.4. The van der Waals surface area contributed by atoms with Crippen LogP contribution in [0.4, 0.5) is 5.69 Å². The molecule has 0 bridgehead atoms. The summed E-state index contributed by atoms with van der Waals surface area (Å²) in [5, 5.41) is 5.56. The number of benzene rings is 1. The summed E-state index contributed by atoms with van der Waals surface area (Å²) in [4.78, 5) is 60.8. The predicted octanol–water partition coefficient (Wildman–Crippen LogP) is 1.26. The highest BCUT2D eigenvalue weighted by atomic mass is 16.2. The molecule has 4 rings (SSSR count). The molecule has 2 fully saturated rings. The molecule has 0 aromatic heterocycles. The van der Waals surface area contributed by atoms with E-state index < -0.39 is 29.7 Å². The molecule has 1 atom stereocenters. The first kappa shape index (κ1) is 18.3. The summed E-state index contributed by atoms with van der Waals surface area (Å²) < 4.78 is 0. The number of aldehydes is 1. The van der Waals surface area contributed by atoms with E-state index in [-0.39, 0.29) is 35.9 Å². The molecule has 8 nitrogen and oxygen atoms in total. The molecule has 1 saturated carbocycles. The zero-order chi connectivity index (χ0) is 19.8. The fourth-order valence-electron chi connectivity index (χ4n) is 4.20. The first-order valence-electron chi connectivity index (χ1n) is 9.55. The number of carbonyl (C=O) groups is 5. The quantitative estimate of drug-likeness (QED) is 0.598. The summed E-state index contributed by atoms with van der Waals surface area (Å²) in [7, 11) is 0. The van der Waals surface area contributed by atoms with Gasteiger partial charge >= 0.3 is 0 Å². The molecule has 2 aliphatic heterocycles. The van der Waals surface area contributed by atoms with Crippen molar-refractivity contribution in [2.75, 3.05) is 5.32 Å². The van der Waals surface area contributed by atoms with Gasteiger partial charge in [-0.15, -0.1) is 0 Å². The van der Waals surface area contributed by atoms with Crippen LogP contribution in [0.2, 0.25) is 0 Å². The number of carbonyl (C=O) groups excluding carboxylic acids is 5. The number of rotatable bonds is 4. The maximum atomic E-state index is 12.8. The fourth-order valence-corrected chi connectivity index (χ4v) is 4.20. The van der Waals surface area contributed by atoms with E-state index in [1.54, 1.807) is 18.2 Å². The molecular formula is C20H21N3O5. The highest BCUT2D eigenvalue weighted by Crippen LogP contribution is 2.31. The van der Waals surface area contributed by atoms with E-state index in [2.05, 4.69) is 10.6 Å². The number of hydrogen-bond acceptors (Lipinski definition) is 6. The van der Waals surface area contributed by atoms with Gasteiger partial charge in [0.2, 0.25) is 11.8 Å². The minimum atomic E-state index is -0.958. The lowest BCUT2D eigenvalue weighted by Gasteiger charge is -2.27. The van der Waals surface area contributed by atoms with Gasteiger partial charge in [-0.2, -0.15) is 0 Å². The van der Waals surface area contributed by atoms with Crippen LogP contribution in [0.15, 0.2) is 18.2 Å². The van der Waals surface area contributed by atoms with Crippen molar-refractivity contribution in [3.8, 4) is 0 Å². The Morgan fingerprint density at radius 1 is 0.964 bits per heavy atom. The number of hydrogen-bond donors (Lipinski definition) is 2. The highest BCUT2D eigenvalue weighted by molar-refractivity contribution is 6.23. The van der Waals surface area contributed by atoms with E-state index >= 15 is 0 Å². The van der Waals surface area contributed by atoms with Gasteiger partial charge in [0, 0.05) is 24.1 Å². The molecule has 1 saturated heterocycles. The van der Waals surface area contributed by atoms with E-state index in [1.165, 1.54) is 0 Å². The van der Waals surface area contributed by atoms with Gasteiger partial charge < -0.3 is 10.1 Å². The number of piperidine rings is 1. The van der Waals surface area contributed by atoms with Gasteiger partial charge in [-0.25, -0.2) is 0 Å². The van der Waals surface area contributed by atoms with Crippen molar-refractivity contribution in [3.63, 3.8) is 0 Å². The van der Waals surface area contributed by atoms with Crippen LogP contribution < -0.4 is 10.6 Å². The molecule has 28 heavy (non-hydrogen) atoms. The summed E-state index contributed by atoms with van der Waals surface area (Å²) in [6.07, 6.45) is 4.67. The predicted molar refractivity (Wildman–Crippen MR) is 98.5 cm³/mol. The first-order valence-corrected chi connectivity index (χ1v) is 9.55. The molecule has 1 aromatic carbocycles. The second kappa shape index (κ2) is 7.18. The van der Waals surface area contributed by atoms with Gasteiger partial charge in [0.15, 0.2) is 0 Å². The largest absolute Gasteiger partial charge is 0.382 e. The van der Waals surface area contributed by atoms with E-state index in [0.717, 1.165) is 42.6 Å². The van der Waals surface area contributed by atoms with Gasteiger partial charge in [0.25, 0.3) is 11.8 Å². The van der Waals surface area contributed by atoms with Crippen LogP contribution in [0.25, 0.3) is 0 Å². The van der Waals surface area contributed by atoms with E-state index in [1.807, 2.05) is 0 Å². The number of anilines is 1. The third-order valence-corrected chi connectivity index (χ3v) is 5.77. The summed E-state index contributed by atoms with van der Waals surface area (Å²) in [6, 6.07) is 4.26. The average Bonchev–Trinajstić information content (AvgIpc) is 2.93. The molecule has 1 aromatic rings. The molecule has 1 aliphatic carbocycles. The lowest BCUT2D eigenvalue weighted by molar-refractivity contribution is -0.136. The Morgan fingerprint density at radius 3 is 2.36 bits per heavy atom. The second-order valence-corrected chi connectivity index (χ2v) is 7.60. The Labute approximate surface area is 161 Å². The van der Waals surface area contributed by atoms with Gasteiger partial charge in [-0.3, -0.25) is 29.4 Å². The van der Waals surface area contributed by atoms with Crippen molar-refractivity contribution in [1.82, 2.24) is 10.2 Å². The highest BCUT2D eigenvalue weighted by Gasteiger charge is 2.44. The number of imide groups is 2. The van der Waals surface area contributed by atoms with Crippen molar-refractivity contribution in [1.29, 1.82) is 0 Å². The smallest absolute Gasteiger partial charge is 0.262 e. The van der Waals surface area contributed by atoms with Crippen LogP contribution in [0.5, 0.6) is 0 Å². The summed E-state index contributed by atoms with van der Waals surface area (Å²) in [5.41, 5.74) is 1.27. The second-order valence-electron chi connectivity index (χ2n) is 7.60. The van der Waals surface area contributed by atoms with Gasteiger partial charge in [-0.1, -0.05) is 0 Å². The van der Waals surface area contributed by atoms with Crippen LogP contribution in [0.3, 0.4) is 0 Å². The maximum absolute atomic E-state index is 12.8. The summed E-state index contributed by atoms with van der Waals surface area (Å²) in [6.45, 7) is 0. The Balaban J connectivity index is 1.50. The number of amides is 4. The topological polar surface area (TPSA) is 113 Å². The van der Waals surface area contributed by atoms with Crippen molar-refractivity contribution in [2.45, 2.75) is 50.6 Å². The van der Waals surface area contributed by atoms with Crippen LogP contribution >= 0.6 is 0 Å². The van der Waals surface area contributed by atoms with Gasteiger partial charge in [0.05, 0.1) is 11.1 Å². The van der Waals surface area contributed by atoms with Crippen molar-refractivity contribution >= 4 is 35.6 Å². The van der Waals surface area contributed by atoms with E-state index in [0.29, 0.717) is 0 Å². The van der Waals surface area contributed by atoms with Crippen molar-refractivity contribution in [2.24, 2.45) is 5.92 Å².